The Bertz CT molecular complexity index is 827. The lowest BCUT2D eigenvalue weighted by Crippen LogP contribution is -2.12. The third-order valence-electron chi connectivity index (χ3n) is 3.34. The number of nitrogens with zero attached hydrogens (tertiary/aromatic N) is 3. The van der Waals surface area contributed by atoms with Crippen molar-refractivity contribution < 1.29 is 4.79 Å². The van der Waals surface area contributed by atoms with Gasteiger partial charge in [0.1, 0.15) is 10.7 Å². The topological polar surface area (TPSA) is 59.3 Å². The predicted octanol–water partition coefficient (Wildman–Crippen LogP) is 3.28. The van der Waals surface area contributed by atoms with Gasteiger partial charge in [-0.15, -0.1) is 10.2 Å². The van der Waals surface area contributed by atoms with Gasteiger partial charge in [0.2, 0.25) is 4.96 Å². The van der Waals surface area contributed by atoms with Gasteiger partial charge in [-0.3, -0.25) is 9.20 Å². The molecule has 1 aromatic carbocycles. The van der Waals surface area contributed by atoms with E-state index in [1.54, 1.807) is 0 Å². The van der Waals surface area contributed by atoms with Gasteiger partial charge in [0, 0.05) is 11.4 Å². The molecule has 2 aromatic heterocycles. The zero-order valence-corrected chi connectivity index (χ0v) is 13.2. The Labute approximate surface area is 126 Å². The Morgan fingerprint density at radius 3 is 2.38 bits per heavy atom. The summed E-state index contributed by atoms with van der Waals surface area (Å²) in [6, 6.07) is 6.01. The van der Waals surface area contributed by atoms with E-state index in [0.717, 1.165) is 33.3 Å². The summed E-state index contributed by atoms with van der Waals surface area (Å²) >= 11 is 1.36. The number of rotatable bonds is 2. The monoisotopic (exact) mass is 300 g/mol. The van der Waals surface area contributed by atoms with Crippen molar-refractivity contribution in [3.8, 4) is 0 Å². The lowest BCUT2D eigenvalue weighted by atomic mass is 10.1. The molecule has 0 aliphatic carbocycles. The van der Waals surface area contributed by atoms with Crippen molar-refractivity contribution in [3.05, 3.63) is 45.7 Å². The second-order valence-corrected chi connectivity index (χ2v) is 6.19. The van der Waals surface area contributed by atoms with E-state index in [9.17, 15) is 4.79 Å². The molecular weight excluding hydrogens is 284 g/mol. The maximum absolute atomic E-state index is 12.5. The molecule has 0 aliphatic heterocycles. The number of carbonyl (C=O) groups excluding carboxylic acids is 1. The van der Waals surface area contributed by atoms with Crippen LogP contribution < -0.4 is 5.32 Å². The minimum atomic E-state index is -0.104. The first-order chi connectivity index (χ1) is 9.95. The van der Waals surface area contributed by atoms with Gasteiger partial charge in [-0.2, -0.15) is 0 Å². The van der Waals surface area contributed by atoms with Crippen molar-refractivity contribution in [1.82, 2.24) is 14.6 Å². The van der Waals surface area contributed by atoms with Gasteiger partial charge < -0.3 is 5.32 Å². The van der Waals surface area contributed by atoms with E-state index < -0.39 is 0 Å². The van der Waals surface area contributed by atoms with Crippen LogP contribution in [0.2, 0.25) is 0 Å². The van der Waals surface area contributed by atoms with Crippen LogP contribution in [-0.4, -0.2) is 20.5 Å². The van der Waals surface area contributed by atoms with E-state index >= 15 is 0 Å². The highest BCUT2D eigenvalue weighted by atomic mass is 32.1. The average molecular weight is 300 g/mol. The second kappa shape index (κ2) is 4.96. The first-order valence-electron chi connectivity index (χ1n) is 6.66. The van der Waals surface area contributed by atoms with Crippen LogP contribution in [-0.2, 0) is 0 Å². The van der Waals surface area contributed by atoms with Crippen LogP contribution in [0.3, 0.4) is 0 Å². The van der Waals surface area contributed by atoms with Crippen molar-refractivity contribution in [2.45, 2.75) is 27.7 Å². The molecule has 0 saturated carbocycles. The van der Waals surface area contributed by atoms with E-state index in [1.807, 2.05) is 44.2 Å². The number of fused-ring (bicyclic) bond motifs is 1. The van der Waals surface area contributed by atoms with Crippen LogP contribution in [0.4, 0.5) is 5.69 Å². The first kappa shape index (κ1) is 13.8. The van der Waals surface area contributed by atoms with Crippen molar-refractivity contribution >= 4 is 27.9 Å². The Balaban J connectivity index is 1.95. The van der Waals surface area contributed by atoms with Crippen LogP contribution in [0.25, 0.3) is 4.96 Å². The number of thiazole rings is 1. The highest BCUT2D eigenvalue weighted by Crippen LogP contribution is 2.24. The smallest absolute Gasteiger partial charge is 0.267 e. The molecule has 0 saturated heterocycles. The largest absolute Gasteiger partial charge is 0.321 e. The summed E-state index contributed by atoms with van der Waals surface area (Å²) in [6.45, 7) is 7.83. The number of hydrogen-bond acceptors (Lipinski definition) is 4. The quantitative estimate of drug-likeness (QED) is 0.790. The molecule has 0 fully saturated rings. The van der Waals surface area contributed by atoms with Gasteiger partial charge in [0.15, 0.2) is 0 Å². The molecular formula is C15H16N4OS. The third kappa shape index (κ3) is 2.42. The molecule has 6 heteroatoms. The lowest BCUT2D eigenvalue weighted by molar-refractivity contribution is 0.102. The fraction of sp³-hybridized carbons (Fsp3) is 0.267. The van der Waals surface area contributed by atoms with Crippen LogP contribution >= 0.6 is 11.3 Å². The molecule has 0 spiro atoms. The number of anilines is 1. The van der Waals surface area contributed by atoms with Gasteiger partial charge >= 0.3 is 0 Å². The van der Waals surface area contributed by atoms with E-state index in [1.165, 1.54) is 11.3 Å². The molecule has 5 nitrogen and oxygen atoms in total. The number of nitrogens with one attached hydrogen (secondary N) is 1. The second-order valence-electron chi connectivity index (χ2n) is 5.21. The molecule has 3 aromatic rings. The first-order valence-corrected chi connectivity index (χ1v) is 7.48. The summed E-state index contributed by atoms with van der Waals surface area (Å²) in [6.07, 6.45) is 0. The highest BCUT2D eigenvalue weighted by molar-refractivity contribution is 7.19. The van der Waals surface area contributed by atoms with Gasteiger partial charge in [-0.25, -0.2) is 0 Å². The summed E-state index contributed by atoms with van der Waals surface area (Å²) in [4.78, 5) is 13.9. The van der Waals surface area contributed by atoms with E-state index in [-0.39, 0.29) is 5.91 Å². The molecule has 3 rings (SSSR count). The average Bonchev–Trinajstić information content (AvgIpc) is 2.90. The summed E-state index contributed by atoms with van der Waals surface area (Å²) in [5, 5.41) is 11.0. The summed E-state index contributed by atoms with van der Waals surface area (Å²) in [7, 11) is 0. The van der Waals surface area contributed by atoms with E-state index in [4.69, 9.17) is 0 Å². The Morgan fingerprint density at radius 1 is 1.10 bits per heavy atom. The Hall–Kier alpha value is -2.21. The van der Waals surface area contributed by atoms with Crippen molar-refractivity contribution in [2.24, 2.45) is 0 Å². The van der Waals surface area contributed by atoms with Crippen molar-refractivity contribution in [3.63, 3.8) is 0 Å². The molecule has 1 N–H and O–H groups in total. The molecule has 108 valence electrons. The Kier molecular flexibility index (Phi) is 3.25. The zero-order chi connectivity index (χ0) is 15.1. The Morgan fingerprint density at radius 2 is 1.76 bits per heavy atom. The van der Waals surface area contributed by atoms with Crippen LogP contribution in [0.15, 0.2) is 18.2 Å². The molecule has 0 bridgehead atoms. The number of amides is 1. The molecule has 0 unspecified atom stereocenters. The SMILES string of the molecule is Cc1cc(C)cc(NC(=O)c2sc3nnc(C)n3c2C)c1. The fourth-order valence-electron chi connectivity index (χ4n) is 2.51. The van der Waals surface area contributed by atoms with Gasteiger partial charge in [-0.1, -0.05) is 17.4 Å². The highest BCUT2D eigenvalue weighted by Gasteiger charge is 2.18. The molecule has 0 aliphatic rings. The molecule has 21 heavy (non-hydrogen) atoms. The van der Waals surface area contributed by atoms with Crippen molar-refractivity contribution in [2.75, 3.05) is 5.32 Å². The van der Waals surface area contributed by atoms with Gasteiger partial charge in [-0.05, 0) is 51.0 Å². The number of hydrogen-bond donors (Lipinski definition) is 1. The molecule has 0 atom stereocenters. The molecule has 2 heterocycles. The number of carbonyl (C=O) groups is 1. The van der Waals surface area contributed by atoms with Crippen LogP contribution in [0, 0.1) is 27.7 Å². The molecule has 0 radical (unpaired) electrons. The minimum absolute atomic E-state index is 0.104. The third-order valence-corrected chi connectivity index (χ3v) is 4.47. The standard InChI is InChI=1S/C15H16N4OS/c1-8-5-9(2)7-12(6-8)16-14(20)13-10(3)19-11(4)17-18-15(19)21-13/h5-7H,1-4H3,(H,16,20). The summed E-state index contributed by atoms with van der Waals surface area (Å²) in [5.41, 5.74) is 3.95. The predicted molar refractivity (Wildman–Crippen MR) is 84.2 cm³/mol. The molecule has 1 amide bonds. The van der Waals surface area contributed by atoms with E-state index in [2.05, 4.69) is 21.6 Å². The van der Waals surface area contributed by atoms with E-state index in [0.29, 0.717) is 4.88 Å². The summed E-state index contributed by atoms with van der Waals surface area (Å²) < 4.78 is 1.90. The number of aromatic nitrogens is 3. The zero-order valence-electron chi connectivity index (χ0n) is 12.4. The summed E-state index contributed by atoms with van der Waals surface area (Å²) in [5.74, 6) is 0.691. The number of aryl methyl sites for hydroxylation is 4. The van der Waals surface area contributed by atoms with Crippen LogP contribution in [0.1, 0.15) is 32.3 Å². The maximum Gasteiger partial charge on any atom is 0.267 e. The van der Waals surface area contributed by atoms with Gasteiger partial charge in [0.05, 0.1) is 0 Å². The number of benzene rings is 1. The fourth-order valence-corrected chi connectivity index (χ4v) is 3.51. The van der Waals surface area contributed by atoms with Crippen LogP contribution in [0.5, 0.6) is 0 Å². The minimum Gasteiger partial charge on any atom is -0.321 e. The van der Waals surface area contributed by atoms with Gasteiger partial charge in [0.25, 0.3) is 5.91 Å². The maximum atomic E-state index is 12.5. The lowest BCUT2D eigenvalue weighted by Gasteiger charge is -2.07. The van der Waals surface area contributed by atoms with Crippen molar-refractivity contribution in [1.29, 1.82) is 0 Å². The normalized spacial score (nSPS) is 11.0.